The van der Waals surface area contributed by atoms with Gasteiger partial charge in [-0.3, -0.25) is 9.59 Å². The van der Waals surface area contributed by atoms with Crippen molar-refractivity contribution in [3.8, 4) is 11.1 Å². The molecule has 4 rings (SSSR count). The van der Waals surface area contributed by atoms with E-state index >= 15 is 0 Å². The first kappa shape index (κ1) is 19.2. The summed E-state index contributed by atoms with van der Waals surface area (Å²) in [5.41, 5.74) is 4.68. The number of fused-ring (bicyclic) bond motifs is 3. The van der Waals surface area contributed by atoms with E-state index in [1.54, 1.807) is 4.90 Å². The van der Waals surface area contributed by atoms with Gasteiger partial charge in [0.05, 0.1) is 7.11 Å². The molecule has 1 unspecified atom stereocenters. The molecule has 6 nitrogen and oxygen atoms in total. The van der Waals surface area contributed by atoms with Crippen LogP contribution in [0, 0.1) is 5.92 Å². The second kappa shape index (κ2) is 8.07. The number of nitrogens with zero attached hydrogens (tertiary/aromatic N) is 1. The van der Waals surface area contributed by atoms with E-state index in [0.29, 0.717) is 13.0 Å². The minimum Gasteiger partial charge on any atom is -0.469 e. The van der Waals surface area contributed by atoms with E-state index in [2.05, 4.69) is 29.0 Å². The highest BCUT2D eigenvalue weighted by molar-refractivity contribution is 5.97. The monoisotopic (exact) mass is 393 g/mol. The Morgan fingerprint density at radius 1 is 1.00 bits per heavy atom. The summed E-state index contributed by atoms with van der Waals surface area (Å²) in [4.78, 5) is 37.6. The first-order valence-electron chi connectivity index (χ1n) is 9.78. The molecule has 29 heavy (non-hydrogen) atoms. The molecule has 2 aromatic rings. The van der Waals surface area contributed by atoms with Gasteiger partial charge in [0.1, 0.15) is 18.8 Å². The van der Waals surface area contributed by atoms with Crippen LogP contribution in [-0.4, -0.2) is 49.6 Å². The van der Waals surface area contributed by atoms with E-state index in [1.165, 1.54) is 18.2 Å². The Morgan fingerprint density at radius 2 is 1.62 bits per heavy atom. The molecule has 0 saturated carbocycles. The van der Waals surface area contributed by atoms with Crippen molar-refractivity contribution >= 4 is 17.8 Å². The number of ether oxygens (including phenoxy) is 2. The Morgan fingerprint density at radius 3 is 2.24 bits per heavy atom. The SMILES string of the molecule is COC(=O)CC(=O)C1CCN(C(=O)OCC2c3ccccc3-c3ccccc32)C1. The fourth-order valence-electron chi connectivity index (χ4n) is 4.23. The van der Waals surface area contributed by atoms with Gasteiger partial charge in [0.25, 0.3) is 0 Å². The molecule has 2 aromatic carbocycles. The molecule has 1 amide bonds. The molecule has 0 aromatic heterocycles. The molecule has 1 atom stereocenters. The number of methoxy groups -OCH3 is 1. The highest BCUT2D eigenvalue weighted by Crippen LogP contribution is 2.44. The van der Waals surface area contributed by atoms with Crippen molar-refractivity contribution in [1.29, 1.82) is 0 Å². The van der Waals surface area contributed by atoms with Crippen LogP contribution in [-0.2, 0) is 19.1 Å². The van der Waals surface area contributed by atoms with Crippen molar-refractivity contribution in [2.45, 2.75) is 18.8 Å². The number of esters is 1. The van der Waals surface area contributed by atoms with Crippen molar-refractivity contribution in [2.24, 2.45) is 5.92 Å². The number of carbonyl (C=O) groups excluding carboxylic acids is 3. The summed E-state index contributed by atoms with van der Waals surface area (Å²) in [5, 5.41) is 0. The molecule has 6 heteroatoms. The van der Waals surface area contributed by atoms with Gasteiger partial charge in [0, 0.05) is 24.9 Å². The van der Waals surface area contributed by atoms with Crippen molar-refractivity contribution in [3.63, 3.8) is 0 Å². The third kappa shape index (κ3) is 3.75. The summed E-state index contributed by atoms with van der Waals surface area (Å²) in [6, 6.07) is 16.4. The lowest BCUT2D eigenvalue weighted by Crippen LogP contribution is -2.31. The maximum atomic E-state index is 12.6. The summed E-state index contributed by atoms with van der Waals surface area (Å²) in [6.07, 6.45) is -0.125. The highest BCUT2D eigenvalue weighted by Gasteiger charge is 2.34. The van der Waals surface area contributed by atoms with Crippen molar-refractivity contribution in [3.05, 3.63) is 59.7 Å². The number of carbonyl (C=O) groups is 3. The molecule has 150 valence electrons. The van der Waals surface area contributed by atoms with Crippen molar-refractivity contribution in [2.75, 3.05) is 26.8 Å². The van der Waals surface area contributed by atoms with Crippen LogP contribution in [0.1, 0.15) is 29.9 Å². The fourth-order valence-corrected chi connectivity index (χ4v) is 4.23. The molecule has 1 aliphatic carbocycles. The van der Waals surface area contributed by atoms with Crippen LogP contribution in [0.4, 0.5) is 4.79 Å². The first-order chi connectivity index (χ1) is 14.1. The Hall–Kier alpha value is -3.15. The minimum absolute atomic E-state index is 0.00528. The molecule has 0 spiro atoms. The average Bonchev–Trinajstić information content (AvgIpc) is 3.36. The van der Waals surface area contributed by atoms with E-state index in [4.69, 9.17) is 4.74 Å². The number of benzene rings is 2. The quantitative estimate of drug-likeness (QED) is 0.575. The predicted octanol–water partition coefficient (Wildman–Crippen LogP) is 3.39. The molecule has 0 N–H and O–H groups in total. The Balaban J connectivity index is 1.38. The molecular formula is C23H23NO5. The maximum Gasteiger partial charge on any atom is 0.409 e. The molecule has 1 saturated heterocycles. The van der Waals surface area contributed by atoms with E-state index < -0.39 is 12.1 Å². The molecule has 0 radical (unpaired) electrons. The maximum absolute atomic E-state index is 12.6. The number of rotatable bonds is 5. The number of amides is 1. The number of hydrogen-bond donors (Lipinski definition) is 0. The van der Waals surface area contributed by atoms with Gasteiger partial charge in [-0.1, -0.05) is 48.5 Å². The second-order valence-corrected chi connectivity index (χ2v) is 7.45. The zero-order valence-electron chi connectivity index (χ0n) is 16.3. The van der Waals surface area contributed by atoms with Gasteiger partial charge in [-0.2, -0.15) is 0 Å². The first-order valence-corrected chi connectivity index (χ1v) is 9.78. The van der Waals surface area contributed by atoms with E-state index in [9.17, 15) is 14.4 Å². The molecular weight excluding hydrogens is 370 g/mol. The van der Waals surface area contributed by atoms with E-state index in [0.717, 1.165) is 11.1 Å². The van der Waals surface area contributed by atoms with Crippen LogP contribution >= 0.6 is 0 Å². The topological polar surface area (TPSA) is 72.9 Å². The van der Waals surface area contributed by atoms with Gasteiger partial charge in [-0.25, -0.2) is 4.79 Å². The van der Waals surface area contributed by atoms with Gasteiger partial charge in [-0.15, -0.1) is 0 Å². The number of likely N-dealkylation sites (tertiary alicyclic amines) is 1. The summed E-state index contributed by atoms with van der Waals surface area (Å²) in [7, 11) is 1.26. The Labute approximate surface area is 169 Å². The lowest BCUT2D eigenvalue weighted by Gasteiger charge is -2.19. The Bertz CT molecular complexity index is 908. The van der Waals surface area contributed by atoms with Gasteiger partial charge >= 0.3 is 12.1 Å². The highest BCUT2D eigenvalue weighted by atomic mass is 16.6. The molecule has 1 heterocycles. The van der Waals surface area contributed by atoms with Crippen LogP contribution in [0.5, 0.6) is 0 Å². The van der Waals surface area contributed by atoms with Crippen LogP contribution in [0.15, 0.2) is 48.5 Å². The predicted molar refractivity (Wildman–Crippen MR) is 106 cm³/mol. The van der Waals surface area contributed by atoms with Crippen molar-refractivity contribution < 1.29 is 23.9 Å². The smallest absolute Gasteiger partial charge is 0.409 e. The average molecular weight is 393 g/mol. The fraction of sp³-hybridized carbons (Fsp3) is 0.348. The summed E-state index contributed by atoms with van der Waals surface area (Å²) in [5.74, 6) is -1.07. The van der Waals surface area contributed by atoms with Gasteiger partial charge in [0.15, 0.2) is 0 Å². The second-order valence-electron chi connectivity index (χ2n) is 7.45. The van der Waals surface area contributed by atoms with Gasteiger partial charge < -0.3 is 14.4 Å². The van der Waals surface area contributed by atoms with Crippen LogP contribution < -0.4 is 0 Å². The normalized spacial score (nSPS) is 17.6. The molecule has 1 fully saturated rings. The lowest BCUT2D eigenvalue weighted by molar-refractivity contribution is -0.144. The summed E-state index contributed by atoms with van der Waals surface area (Å²) >= 11 is 0. The Kier molecular flexibility index (Phi) is 5.34. The third-order valence-electron chi connectivity index (χ3n) is 5.78. The third-order valence-corrected chi connectivity index (χ3v) is 5.78. The van der Waals surface area contributed by atoms with Crippen LogP contribution in [0.25, 0.3) is 11.1 Å². The zero-order valence-corrected chi connectivity index (χ0v) is 16.3. The van der Waals surface area contributed by atoms with Crippen LogP contribution in [0.2, 0.25) is 0 Å². The summed E-state index contributed by atoms with van der Waals surface area (Å²) < 4.78 is 10.2. The largest absolute Gasteiger partial charge is 0.469 e. The van der Waals surface area contributed by atoms with E-state index in [-0.39, 0.29) is 37.2 Å². The lowest BCUT2D eigenvalue weighted by atomic mass is 9.98. The molecule has 2 aliphatic rings. The summed E-state index contributed by atoms with van der Waals surface area (Å²) in [6.45, 7) is 0.991. The van der Waals surface area contributed by atoms with Crippen LogP contribution in [0.3, 0.4) is 0 Å². The molecule has 1 aliphatic heterocycles. The molecule has 0 bridgehead atoms. The van der Waals surface area contributed by atoms with Gasteiger partial charge in [-0.05, 0) is 28.7 Å². The number of ketones is 1. The number of hydrogen-bond acceptors (Lipinski definition) is 5. The van der Waals surface area contributed by atoms with E-state index in [1.807, 2.05) is 24.3 Å². The minimum atomic E-state index is -0.547. The van der Waals surface area contributed by atoms with Crippen molar-refractivity contribution in [1.82, 2.24) is 4.90 Å². The zero-order chi connectivity index (χ0) is 20.4. The number of Topliss-reactive ketones (excluding diaryl/α,β-unsaturated/α-hetero) is 1. The standard InChI is InChI=1S/C23H23NO5/c1-28-22(26)12-21(25)15-10-11-24(13-15)23(27)29-14-20-18-8-4-2-6-16(18)17-7-3-5-9-19(17)20/h2-9,15,20H,10-14H2,1H3. The van der Waals surface area contributed by atoms with Gasteiger partial charge in [0.2, 0.25) is 0 Å².